The molecule has 0 radical (unpaired) electrons. The topological polar surface area (TPSA) is 79.3 Å². The SMILES string of the molecule is CCC(CO)NS(=O)(=O)c1cnc(C)s1. The number of hydrogen-bond acceptors (Lipinski definition) is 5. The molecule has 2 N–H and O–H groups in total. The normalized spacial score (nSPS) is 14.1. The number of aryl methyl sites for hydroxylation is 1. The molecule has 1 heterocycles. The van der Waals surface area contributed by atoms with Crippen molar-refractivity contribution in [2.45, 2.75) is 30.5 Å². The molecule has 0 aliphatic rings. The Kier molecular flexibility index (Phi) is 4.21. The van der Waals surface area contributed by atoms with Gasteiger partial charge in [-0.15, -0.1) is 11.3 Å². The van der Waals surface area contributed by atoms with Crippen LogP contribution >= 0.6 is 11.3 Å². The van der Waals surface area contributed by atoms with Crippen molar-refractivity contribution in [2.75, 3.05) is 6.61 Å². The van der Waals surface area contributed by atoms with Crippen LogP contribution in [0.4, 0.5) is 0 Å². The molecule has 0 amide bonds. The van der Waals surface area contributed by atoms with E-state index in [9.17, 15) is 8.42 Å². The summed E-state index contributed by atoms with van der Waals surface area (Å²) < 4.78 is 26.0. The molecule has 0 bridgehead atoms. The Labute approximate surface area is 93.2 Å². The summed E-state index contributed by atoms with van der Waals surface area (Å²) in [5.41, 5.74) is 0. The third kappa shape index (κ3) is 3.23. The quantitative estimate of drug-likeness (QED) is 0.797. The molecule has 1 aromatic rings. The molecular weight excluding hydrogens is 236 g/mol. The van der Waals surface area contributed by atoms with E-state index in [1.165, 1.54) is 6.20 Å². The van der Waals surface area contributed by atoms with Gasteiger partial charge in [-0.25, -0.2) is 18.1 Å². The molecule has 0 spiro atoms. The lowest BCUT2D eigenvalue weighted by Gasteiger charge is -2.12. The second-order valence-corrected chi connectivity index (χ2v) is 6.28. The van der Waals surface area contributed by atoms with Crippen molar-refractivity contribution in [2.24, 2.45) is 0 Å². The highest BCUT2D eigenvalue weighted by Gasteiger charge is 2.20. The second-order valence-electron chi connectivity index (χ2n) is 3.11. The van der Waals surface area contributed by atoms with Crippen molar-refractivity contribution in [3.63, 3.8) is 0 Å². The smallest absolute Gasteiger partial charge is 0.252 e. The summed E-state index contributed by atoms with van der Waals surface area (Å²) in [6, 6.07) is -0.433. The monoisotopic (exact) mass is 250 g/mol. The van der Waals surface area contributed by atoms with E-state index in [0.717, 1.165) is 11.3 Å². The van der Waals surface area contributed by atoms with Crippen molar-refractivity contribution in [1.29, 1.82) is 0 Å². The van der Waals surface area contributed by atoms with Crippen LogP contribution in [0, 0.1) is 6.92 Å². The molecule has 1 rings (SSSR count). The number of aliphatic hydroxyl groups is 1. The van der Waals surface area contributed by atoms with Crippen LogP contribution in [0.3, 0.4) is 0 Å². The van der Waals surface area contributed by atoms with Gasteiger partial charge in [0.15, 0.2) is 4.21 Å². The summed E-state index contributed by atoms with van der Waals surface area (Å²) in [6.45, 7) is 3.35. The zero-order valence-corrected chi connectivity index (χ0v) is 10.2. The maximum Gasteiger partial charge on any atom is 0.252 e. The maximum atomic E-state index is 11.7. The first-order chi connectivity index (χ1) is 6.99. The predicted molar refractivity (Wildman–Crippen MR) is 58.3 cm³/mol. The van der Waals surface area contributed by atoms with E-state index in [1.54, 1.807) is 13.8 Å². The second kappa shape index (κ2) is 5.02. The minimum absolute atomic E-state index is 0.187. The molecule has 0 aromatic carbocycles. The molecule has 1 atom stereocenters. The summed E-state index contributed by atoms with van der Waals surface area (Å²) in [6.07, 6.45) is 1.87. The molecule has 1 aromatic heterocycles. The first kappa shape index (κ1) is 12.6. The Morgan fingerprint density at radius 1 is 1.67 bits per heavy atom. The van der Waals surface area contributed by atoms with E-state index >= 15 is 0 Å². The molecule has 15 heavy (non-hydrogen) atoms. The standard InChI is InChI=1S/C8H14N2O3S2/c1-3-7(5-11)10-15(12,13)8-4-9-6(2)14-8/h4,7,10-11H,3,5H2,1-2H3. The van der Waals surface area contributed by atoms with Crippen LogP contribution in [0.15, 0.2) is 10.4 Å². The third-order valence-electron chi connectivity index (χ3n) is 1.90. The summed E-state index contributed by atoms with van der Waals surface area (Å²) >= 11 is 1.11. The van der Waals surface area contributed by atoms with E-state index in [4.69, 9.17) is 5.11 Å². The molecule has 1 unspecified atom stereocenters. The molecule has 86 valence electrons. The lowest BCUT2D eigenvalue weighted by atomic mass is 10.3. The number of rotatable bonds is 5. The Balaban J connectivity index is 2.84. The molecule has 5 nitrogen and oxygen atoms in total. The van der Waals surface area contributed by atoms with Crippen LogP contribution in [-0.2, 0) is 10.0 Å². The van der Waals surface area contributed by atoms with Gasteiger partial charge in [-0.2, -0.15) is 0 Å². The van der Waals surface area contributed by atoms with Gasteiger partial charge < -0.3 is 5.11 Å². The molecular formula is C8H14N2O3S2. The van der Waals surface area contributed by atoms with E-state index in [0.29, 0.717) is 11.4 Å². The Bertz CT molecular complexity index is 409. The van der Waals surface area contributed by atoms with Crippen molar-refractivity contribution in [1.82, 2.24) is 9.71 Å². The van der Waals surface area contributed by atoms with Crippen molar-refractivity contribution in [3.05, 3.63) is 11.2 Å². The average Bonchev–Trinajstić information content (AvgIpc) is 2.62. The minimum atomic E-state index is -3.52. The van der Waals surface area contributed by atoms with Gasteiger partial charge in [0.25, 0.3) is 10.0 Å². The summed E-state index contributed by atoms with van der Waals surface area (Å²) in [5, 5.41) is 9.60. The van der Waals surface area contributed by atoms with Crippen molar-refractivity contribution < 1.29 is 13.5 Å². The summed E-state index contributed by atoms with van der Waals surface area (Å²) in [7, 11) is -3.52. The van der Waals surface area contributed by atoms with E-state index in [1.807, 2.05) is 0 Å². The van der Waals surface area contributed by atoms with Gasteiger partial charge in [-0.1, -0.05) is 6.92 Å². The van der Waals surface area contributed by atoms with Crippen LogP contribution in [0.1, 0.15) is 18.4 Å². The highest BCUT2D eigenvalue weighted by atomic mass is 32.2. The van der Waals surface area contributed by atoms with Crippen LogP contribution in [0.2, 0.25) is 0 Å². The number of aliphatic hydroxyl groups excluding tert-OH is 1. The largest absolute Gasteiger partial charge is 0.395 e. The van der Waals surface area contributed by atoms with E-state index in [-0.39, 0.29) is 10.8 Å². The molecule has 0 fully saturated rings. The lowest BCUT2D eigenvalue weighted by molar-refractivity contribution is 0.254. The van der Waals surface area contributed by atoms with Crippen LogP contribution < -0.4 is 4.72 Å². The number of thiazole rings is 1. The van der Waals surface area contributed by atoms with E-state index < -0.39 is 16.1 Å². The molecule has 0 aliphatic carbocycles. The van der Waals surface area contributed by atoms with Gasteiger partial charge in [0.1, 0.15) is 0 Å². The molecule has 7 heteroatoms. The summed E-state index contributed by atoms with van der Waals surface area (Å²) in [4.78, 5) is 3.88. The van der Waals surface area contributed by atoms with Gasteiger partial charge in [0.05, 0.1) is 17.8 Å². The fraction of sp³-hybridized carbons (Fsp3) is 0.625. The number of nitrogens with zero attached hydrogens (tertiary/aromatic N) is 1. The van der Waals surface area contributed by atoms with Crippen molar-refractivity contribution >= 4 is 21.4 Å². The zero-order chi connectivity index (χ0) is 11.5. The number of aromatic nitrogens is 1. The van der Waals surface area contributed by atoms with Crippen LogP contribution in [0.25, 0.3) is 0 Å². The van der Waals surface area contributed by atoms with Crippen LogP contribution in [0.5, 0.6) is 0 Å². The van der Waals surface area contributed by atoms with Gasteiger partial charge in [0, 0.05) is 6.04 Å². The average molecular weight is 250 g/mol. The lowest BCUT2D eigenvalue weighted by Crippen LogP contribution is -2.36. The molecule has 0 saturated carbocycles. The van der Waals surface area contributed by atoms with Gasteiger partial charge in [0.2, 0.25) is 0 Å². The van der Waals surface area contributed by atoms with E-state index in [2.05, 4.69) is 9.71 Å². The fourth-order valence-corrected chi connectivity index (χ4v) is 3.43. The van der Waals surface area contributed by atoms with Gasteiger partial charge >= 0.3 is 0 Å². The fourth-order valence-electron chi connectivity index (χ4n) is 0.993. The highest BCUT2D eigenvalue weighted by Crippen LogP contribution is 2.17. The Morgan fingerprint density at radius 3 is 2.73 bits per heavy atom. The number of nitrogens with one attached hydrogen (secondary N) is 1. The Hall–Kier alpha value is -0.500. The zero-order valence-electron chi connectivity index (χ0n) is 8.60. The number of sulfonamides is 1. The van der Waals surface area contributed by atoms with Gasteiger partial charge in [-0.05, 0) is 13.3 Å². The highest BCUT2D eigenvalue weighted by molar-refractivity contribution is 7.91. The molecule has 0 saturated heterocycles. The molecule has 0 aliphatic heterocycles. The van der Waals surface area contributed by atoms with Gasteiger partial charge in [-0.3, -0.25) is 0 Å². The summed E-state index contributed by atoms with van der Waals surface area (Å²) in [5.74, 6) is 0. The van der Waals surface area contributed by atoms with Crippen molar-refractivity contribution in [3.8, 4) is 0 Å². The predicted octanol–water partition coefficient (Wildman–Crippen LogP) is 0.501. The maximum absolute atomic E-state index is 11.7. The number of hydrogen-bond donors (Lipinski definition) is 2. The third-order valence-corrected chi connectivity index (χ3v) is 4.79. The Morgan fingerprint density at radius 2 is 2.33 bits per heavy atom. The van der Waals surface area contributed by atoms with Crippen LogP contribution in [-0.4, -0.2) is 31.2 Å². The first-order valence-corrected chi connectivity index (χ1v) is 6.85. The first-order valence-electron chi connectivity index (χ1n) is 4.55. The minimum Gasteiger partial charge on any atom is -0.395 e.